The first-order valence-electron chi connectivity index (χ1n) is 5.31. The number of isocyanates is 2. The van der Waals surface area contributed by atoms with Crippen LogP contribution in [0.15, 0.2) is 23.2 Å². The van der Waals surface area contributed by atoms with E-state index in [9.17, 15) is 14.8 Å². The molecule has 0 radical (unpaired) electrons. The lowest BCUT2D eigenvalue weighted by Gasteiger charge is -2.13. The molecule has 0 amide bonds. The molecule has 0 spiro atoms. The van der Waals surface area contributed by atoms with Gasteiger partial charge >= 0.3 is 6.08 Å². The predicted octanol–water partition coefficient (Wildman–Crippen LogP) is -0.0593. The van der Waals surface area contributed by atoms with Crippen molar-refractivity contribution in [2.45, 2.75) is 12.1 Å². The molecule has 0 heterocycles. The molecule has 9 heteroatoms. The molecule has 1 unspecified atom stereocenters. The zero-order valence-electron chi connectivity index (χ0n) is 10.1. The van der Waals surface area contributed by atoms with E-state index < -0.39 is 5.97 Å². The molecule has 0 bridgehead atoms. The van der Waals surface area contributed by atoms with Gasteiger partial charge in [0.2, 0.25) is 11.8 Å². The van der Waals surface area contributed by atoms with Gasteiger partial charge in [-0.3, -0.25) is 0 Å². The van der Waals surface area contributed by atoms with E-state index in [0.29, 0.717) is 5.56 Å². The van der Waals surface area contributed by atoms with Gasteiger partial charge in [0.25, 0.3) is 5.97 Å². The minimum atomic E-state index is -2.77. The summed E-state index contributed by atoms with van der Waals surface area (Å²) in [7, 11) is -0.104. The highest BCUT2D eigenvalue weighted by Crippen LogP contribution is 2.30. The molecule has 1 aromatic rings. The van der Waals surface area contributed by atoms with E-state index in [4.69, 9.17) is 15.3 Å². The van der Waals surface area contributed by atoms with Crippen LogP contribution in [-0.4, -0.2) is 44.4 Å². The standard InChI is InChI=1S/C11H11N2O6P/c14-6-12-9-2-1-8(4-20-5-11(16,17)18)10(3-9)13(19)7-15/h1-3,16-18,20H,4-5H2. The summed E-state index contributed by atoms with van der Waals surface area (Å²) in [6.07, 6.45) is 2.37. The summed E-state index contributed by atoms with van der Waals surface area (Å²) in [5.41, 5.74) is 0.526. The number of hydrogen-bond donors (Lipinski definition) is 3. The van der Waals surface area contributed by atoms with Crippen LogP contribution < -0.4 is 0 Å². The van der Waals surface area contributed by atoms with Crippen molar-refractivity contribution in [1.82, 2.24) is 0 Å². The average Bonchev–Trinajstić information content (AvgIpc) is 2.38. The lowest BCUT2D eigenvalue weighted by molar-refractivity contribution is -0.358. The minimum absolute atomic E-state index is 0.0479. The van der Waals surface area contributed by atoms with Crippen LogP contribution in [0.2, 0.25) is 0 Å². The van der Waals surface area contributed by atoms with Gasteiger partial charge in [-0.2, -0.15) is 9.79 Å². The Morgan fingerprint density at radius 3 is 2.60 bits per heavy atom. The Labute approximate surface area is 115 Å². The molecule has 8 nitrogen and oxygen atoms in total. The molecular weight excluding hydrogens is 287 g/mol. The second-order valence-electron chi connectivity index (χ2n) is 3.78. The molecule has 1 aromatic carbocycles. The maximum absolute atomic E-state index is 11.4. The van der Waals surface area contributed by atoms with Crippen LogP contribution in [-0.2, 0) is 15.8 Å². The van der Waals surface area contributed by atoms with Gasteiger partial charge < -0.3 is 20.5 Å². The van der Waals surface area contributed by atoms with Gasteiger partial charge in [0.1, 0.15) is 0 Å². The maximum Gasteiger partial charge on any atom is 0.443 e. The van der Waals surface area contributed by atoms with Crippen molar-refractivity contribution in [1.29, 1.82) is 0 Å². The van der Waals surface area contributed by atoms with Gasteiger partial charge in [0.15, 0.2) is 0 Å². The number of aliphatic hydroxyl groups is 3. The molecule has 106 valence electrons. The molecule has 0 aliphatic rings. The third-order valence-electron chi connectivity index (χ3n) is 2.22. The molecule has 0 aliphatic heterocycles. The van der Waals surface area contributed by atoms with Gasteiger partial charge in [-0.15, -0.1) is 8.58 Å². The smallest absolute Gasteiger partial charge is 0.443 e. The molecule has 1 rings (SSSR count). The lowest BCUT2D eigenvalue weighted by Crippen LogP contribution is -2.29. The second-order valence-corrected chi connectivity index (χ2v) is 4.99. The summed E-state index contributed by atoms with van der Waals surface area (Å²) in [5, 5.41) is 37.6. The molecule has 20 heavy (non-hydrogen) atoms. The van der Waals surface area contributed by atoms with Crippen LogP contribution in [0.3, 0.4) is 0 Å². The maximum atomic E-state index is 11.4. The number of nitrogens with zero attached hydrogens (tertiary/aromatic N) is 2. The first kappa shape index (κ1) is 16.1. The Morgan fingerprint density at radius 2 is 2.05 bits per heavy atom. The number of aliphatic imine (C=N–C) groups is 1. The van der Waals surface area contributed by atoms with E-state index in [1.807, 2.05) is 0 Å². The van der Waals surface area contributed by atoms with Crippen molar-refractivity contribution >= 4 is 32.1 Å². The van der Waals surface area contributed by atoms with E-state index in [0.717, 1.165) is 6.08 Å². The third-order valence-corrected chi connectivity index (χ3v) is 3.58. The second kappa shape index (κ2) is 7.03. The Hall–Kier alpha value is -1.91. The first-order valence-corrected chi connectivity index (χ1v) is 6.72. The van der Waals surface area contributed by atoms with Gasteiger partial charge in [0, 0.05) is 17.8 Å². The lowest BCUT2D eigenvalue weighted by atomic mass is 10.2. The van der Waals surface area contributed by atoms with E-state index in [2.05, 4.69) is 4.99 Å². The van der Waals surface area contributed by atoms with Crippen molar-refractivity contribution in [3.8, 4) is 0 Å². The van der Waals surface area contributed by atoms with E-state index in [1.54, 1.807) is 0 Å². The molecule has 3 N–H and O–H groups in total. The molecule has 0 aliphatic carbocycles. The van der Waals surface area contributed by atoms with E-state index in [-0.39, 0.29) is 37.0 Å². The van der Waals surface area contributed by atoms with Gasteiger partial charge in [-0.25, -0.2) is 4.79 Å². The molecule has 0 aromatic heterocycles. The Bertz CT molecular complexity index is 585. The van der Waals surface area contributed by atoms with Crippen molar-refractivity contribution < 1.29 is 29.6 Å². The molecule has 1 atom stereocenters. The Kier molecular flexibility index (Phi) is 5.67. The van der Waals surface area contributed by atoms with Crippen LogP contribution in [0.25, 0.3) is 0 Å². The molecule has 0 saturated heterocycles. The molecular formula is C11H11N2O6P. The topological polar surface area (TPSA) is 133 Å². The summed E-state index contributed by atoms with van der Waals surface area (Å²) < 4.78 is -0.0479. The first-order chi connectivity index (χ1) is 9.37. The zero-order valence-corrected chi connectivity index (χ0v) is 11.1. The fourth-order valence-electron chi connectivity index (χ4n) is 1.43. The van der Waals surface area contributed by atoms with Gasteiger partial charge in [-0.05, 0) is 18.3 Å². The Morgan fingerprint density at radius 1 is 1.35 bits per heavy atom. The highest BCUT2D eigenvalue weighted by molar-refractivity contribution is 7.37. The van der Waals surface area contributed by atoms with Gasteiger partial charge in [-0.1, -0.05) is 4.74 Å². The van der Waals surface area contributed by atoms with Crippen LogP contribution in [0.5, 0.6) is 0 Å². The normalized spacial score (nSPS) is 11.2. The highest BCUT2D eigenvalue weighted by Gasteiger charge is 2.19. The number of hydrogen-bond acceptors (Lipinski definition) is 7. The summed E-state index contributed by atoms with van der Waals surface area (Å²) >= 11 is 0. The van der Waals surface area contributed by atoms with E-state index in [1.165, 1.54) is 24.3 Å². The van der Waals surface area contributed by atoms with Crippen molar-refractivity contribution in [3.05, 3.63) is 29.0 Å². The highest BCUT2D eigenvalue weighted by atomic mass is 31.1. The van der Waals surface area contributed by atoms with Crippen LogP contribution >= 0.6 is 8.58 Å². The molecule has 0 saturated carbocycles. The van der Waals surface area contributed by atoms with Crippen molar-refractivity contribution in [3.63, 3.8) is 0 Å². The summed E-state index contributed by atoms with van der Waals surface area (Å²) in [4.78, 5) is 23.9. The minimum Gasteiger partial charge on any atom is -0.607 e. The van der Waals surface area contributed by atoms with Crippen LogP contribution in [0, 0.1) is 5.21 Å². The van der Waals surface area contributed by atoms with Crippen LogP contribution in [0.4, 0.5) is 11.4 Å². The zero-order chi connectivity index (χ0) is 15.2. The average molecular weight is 298 g/mol. The largest absolute Gasteiger partial charge is 0.607 e. The van der Waals surface area contributed by atoms with E-state index >= 15 is 0 Å². The number of carbonyl (C=O) groups excluding carboxylic acids is 2. The SMILES string of the molecule is O=C=Nc1ccc(CPCC(O)(O)O)c([N+]([O-])=C=O)c1. The van der Waals surface area contributed by atoms with Crippen molar-refractivity contribution in [2.75, 3.05) is 6.16 Å². The summed E-state index contributed by atoms with van der Waals surface area (Å²) in [5.74, 6) is -2.77. The number of benzene rings is 1. The predicted molar refractivity (Wildman–Crippen MR) is 69.5 cm³/mol. The fourth-order valence-corrected chi connectivity index (χ4v) is 2.46. The number of rotatable bonds is 6. The van der Waals surface area contributed by atoms with Gasteiger partial charge in [0.05, 0.1) is 5.69 Å². The monoisotopic (exact) mass is 298 g/mol. The molecule has 0 fully saturated rings. The van der Waals surface area contributed by atoms with Crippen LogP contribution in [0.1, 0.15) is 5.56 Å². The summed E-state index contributed by atoms with van der Waals surface area (Å²) in [6, 6.07) is 4.12. The quantitative estimate of drug-likeness (QED) is 0.128. The third kappa shape index (κ3) is 4.99. The fraction of sp³-hybridized carbons (Fsp3) is 0.273. The Balaban J connectivity index is 3.00. The van der Waals surface area contributed by atoms with Crippen molar-refractivity contribution in [2.24, 2.45) is 4.99 Å². The summed E-state index contributed by atoms with van der Waals surface area (Å²) in [6.45, 7) is 0.